The molecule has 33 heavy (non-hydrogen) atoms. The van der Waals surface area contributed by atoms with Crippen LogP contribution >= 0.6 is 0 Å². The van der Waals surface area contributed by atoms with E-state index in [0.717, 1.165) is 24.8 Å². The molecule has 0 saturated carbocycles. The number of nitrogens with zero attached hydrogens (tertiary/aromatic N) is 2. The molecule has 0 aliphatic rings. The van der Waals surface area contributed by atoms with Gasteiger partial charge in [0.25, 0.3) is 0 Å². The second kappa shape index (κ2) is 17.3. The molecule has 0 N–H and O–H groups in total. The van der Waals surface area contributed by atoms with Gasteiger partial charge in [-0.05, 0) is 49.1 Å². The molecular weight excluding hydrogens is 408 g/mol. The first kappa shape index (κ1) is 27.0. The number of carbonyl (C=O) groups excluding carboxylic acids is 1. The number of ether oxygens (including phenoxy) is 1. The first-order chi connectivity index (χ1) is 16.2. The highest BCUT2D eigenvalue weighted by Gasteiger charge is 2.07. The van der Waals surface area contributed by atoms with Gasteiger partial charge in [-0.3, -0.25) is 4.79 Å². The van der Waals surface area contributed by atoms with E-state index in [4.69, 9.17) is 4.74 Å². The summed E-state index contributed by atoms with van der Waals surface area (Å²) in [6.07, 6.45) is 23.0. The smallest absolute Gasteiger partial charge is 0.311 e. The Hall–Kier alpha value is -2.23. The number of hydrogen-bond donors (Lipinski definition) is 0. The van der Waals surface area contributed by atoms with E-state index >= 15 is 0 Å². The fourth-order valence-corrected chi connectivity index (χ4v) is 4.00. The quantitative estimate of drug-likeness (QED) is 0.129. The van der Waals surface area contributed by atoms with Gasteiger partial charge in [0.15, 0.2) is 5.82 Å². The lowest BCUT2D eigenvalue weighted by Gasteiger charge is -2.06. The zero-order valence-corrected chi connectivity index (χ0v) is 21.0. The van der Waals surface area contributed by atoms with Crippen LogP contribution in [0, 0.1) is 0 Å². The van der Waals surface area contributed by atoms with E-state index in [1.165, 1.54) is 82.6 Å². The number of benzene rings is 1. The average molecular weight is 453 g/mol. The second-order valence-corrected chi connectivity index (χ2v) is 9.16. The standard InChI is InChI=1S/C29H44N2O2/c1-3-5-7-9-11-13-15-17-25-23-30-29(31-24-25)26-19-21-27(22-20-26)33-28(32)18-16-14-12-10-8-6-4-2/h19-24H,3-18H2,1-2H3. The Balaban J connectivity index is 1.66. The third-order valence-corrected chi connectivity index (χ3v) is 6.10. The normalized spacial score (nSPS) is 11.0. The molecule has 0 fully saturated rings. The van der Waals surface area contributed by atoms with Crippen molar-refractivity contribution in [1.29, 1.82) is 0 Å². The molecule has 0 bridgehead atoms. The van der Waals surface area contributed by atoms with E-state index in [2.05, 4.69) is 23.8 Å². The third kappa shape index (κ3) is 12.0. The Kier molecular flexibility index (Phi) is 14.1. The van der Waals surface area contributed by atoms with Crippen LogP contribution in [-0.4, -0.2) is 15.9 Å². The van der Waals surface area contributed by atoms with Crippen molar-refractivity contribution in [3.8, 4) is 17.1 Å². The molecule has 0 spiro atoms. The summed E-state index contributed by atoms with van der Waals surface area (Å²) in [6, 6.07) is 7.49. The number of hydrogen-bond acceptors (Lipinski definition) is 4. The van der Waals surface area contributed by atoms with Crippen LogP contribution < -0.4 is 4.74 Å². The fourth-order valence-electron chi connectivity index (χ4n) is 4.00. The van der Waals surface area contributed by atoms with Crippen molar-refractivity contribution >= 4 is 5.97 Å². The van der Waals surface area contributed by atoms with Crippen LogP contribution in [0.3, 0.4) is 0 Å². The molecule has 0 atom stereocenters. The van der Waals surface area contributed by atoms with Gasteiger partial charge < -0.3 is 4.74 Å². The predicted molar refractivity (Wildman–Crippen MR) is 137 cm³/mol. The highest BCUT2D eigenvalue weighted by Crippen LogP contribution is 2.20. The summed E-state index contributed by atoms with van der Waals surface area (Å²) >= 11 is 0. The van der Waals surface area contributed by atoms with E-state index in [9.17, 15) is 4.79 Å². The van der Waals surface area contributed by atoms with Gasteiger partial charge in [-0.1, -0.05) is 90.9 Å². The molecule has 0 unspecified atom stereocenters. The van der Waals surface area contributed by atoms with E-state index in [-0.39, 0.29) is 5.97 Å². The molecule has 2 aromatic rings. The van der Waals surface area contributed by atoms with Gasteiger partial charge in [0.2, 0.25) is 0 Å². The number of esters is 1. The van der Waals surface area contributed by atoms with Gasteiger partial charge >= 0.3 is 5.97 Å². The molecule has 2 rings (SSSR count). The number of rotatable bonds is 18. The number of carbonyl (C=O) groups is 1. The summed E-state index contributed by atoms with van der Waals surface area (Å²) < 4.78 is 5.48. The SMILES string of the molecule is CCCCCCCCCC(=O)Oc1ccc(-c2ncc(CCCCCCCCC)cn2)cc1. The van der Waals surface area contributed by atoms with Crippen LogP contribution in [0.15, 0.2) is 36.7 Å². The van der Waals surface area contributed by atoms with Crippen molar-refractivity contribution in [2.75, 3.05) is 0 Å². The zero-order valence-electron chi connectivity index (χ0n) is 21.0. The van der Waals surface area contributed by atoms with Crippen molar-refractivity contribution in [3.05, 3.63) is 42.2 Å². The molecule has 0 aliphatic heterocycles. The van der Waals surface area contributed by atoms with Crippen LogP contribution in [0.25, 0.3) is 11.4 Å². The second-order valence-electron chi connectivity index (χ2n) is 9.16. The first-order valence-electron chi connectivity index (χ1n) is 13.3. The fraction of sp³-hybridized carbons (Fsp3) is 0.621. The lowest BCUT2D eigenvalue weighted by atomic mass is 10.1. The van der Waals surface area contributed by atoms with Crippen LogP contribution in [-0.2, 0) is 11.2 Å². The molecule has 0 aliphatic carbocycles. The monoisotopic (exact) mass is 452 g/mol. The topological polar surface area (TPSA) is 52.1 Å². The van der Waals surface area contributed by atoms with Crippen LogP contribution in [0.5, 0.6) is 5.75 Å². The predicted octanol–water partition coefficient (Wildman–Crippen LogP) is 8.48. The van der Waals surface area contributed by atoms with Crippen molar-refractivity contribution in [2.24, 2.45) is 0 Å². The molecular formula is C29H44N2O2. The number of unbranched alkanes of at least 4 members (excludes halogenated alkanes) is 12. The maximum Gasteiger partial charge on any atom is 0.311 e. The minimum atomic E-state index is -0.151. The highest BCUT2D eigenvalue weighted by atomic mass is 16.5. The van der Waals surface area contributed by atoms with Gasteiger partial charge in [-0.15, -0.1) is 0 Å². The van der Waals surface area contributed by atoms with Crippen LogP contribution in [0.4, 0.5) is 0 Å². The molecule has 1 aromatic heterocycles. The lowest BCUT2D eigenvalue weighted by Crippen LogP contribution is -2.07. The molecule has 0 saturated heterocycles. The number of aromatic nitrogens is 2. The van der Waals surface area contributed by atoms with Gasteiger partial charge in [0.1, 0.15) is 5.75 Å². The molecule has 0 amide bonds. The third-order valence-electron chi connectivity index (χ3n) is 6.10. The van der Waals surface area contributed by atoms with Crippen molar-refractivity contribution in [3.63, 3.8) is 0 Å². The van der Waals surface area contributed by atoms with Crippen molar-refractivity contribution in [2.45, 2.75) is 117 Å². The Labute approximate surface area is 201 Å². The zero-order chi connectivity index (χ0) is 23.6. The van der Waals surface area contributed by atoms with E-state index in [1.54, 1.807) is 0 Å². The minimum absolute atomic E-state index is 0.151. The Morgan fingerprint density at radius 1 is 0.697 bits per heavy atom. The molecule has 1 aromatic carbocycles. The van der Waals surface area contributed by atoms with Crippen molar-refractivity contribution in [1.82, 2.24) is 9.97 Å². The van der Waals surface area contributed by atoms with Gasteiger partial charge in [0.05, 0.1) is 0 Å². The summed E-state index contributed by atoms with van der Waals surface area (Å²) in [5, 5.41) is 0. The average Bonchev–Trinajstić information content (AvgIpc) is 2.84. The van der Waals surface area contributed by atoms with Crippen LogP contribution in [0.1, 0.15) is 116 Å². The molecule has 4 heteroatoms. The number of aryl methyl sites for hydroxylation is 1. The Morgan fingerprint density at radius 3 is 1.79 bits per heavy atom. The summed E-state index contributed by atoms with van der Waals surface area (Å²) in [5.74, 6) is 1.14. The minimum Gasteiger partial charge on any atom is -0.427 e. The van der Waals surface area contributed by atoms with Gasteiger partial charge in [-0.2, -0.15) is 0 Å². The summed E-state index contributed by atoms with van der Waals surface area (Å²) in [7, 11) is 0. The molecule has 182 valence electrons. The summed E-state index contributed by atoms with van der Waals surface area (Å²) in [6.45, 7) is 4.48. The maximum absolute atomic E-state index is 12.1. The van der Waals surface area contributed by atoms with E-state index in [0.29, 0.717) is 18.0 Å². The largest absolute Gasteiger partial charge is 0.427 e. The lowest BCUT2D eigenvalue weighted by molar-refractivity contribution is -0.134. The Bertz CT molecular complexity index is 756. The van der Waals surface area contributed by atoms with Gasteiger partial charge in [0, 0.05) is 24.4 Å². The summed E-state index contributed by atoms with van der Waals surface area (Å²) in [5.41, 5.74) is 2.13. The Morgan fingerprint density at radius 2 is 1.21 bits per heavy atom. The van der Waals surface area contributed by atoms with Crippen molar-refractivity contribution < 1.29 is 9.53 Å². The maximum atomic E-state index is 12.1. The van der Waals surface area contributed by atoms with Crippen LogP contribution in [0.2, 0.25) is 0 Å². The van der Waals surface area contributed by atoms with E-state index in [1.807, 2.05) is 36.7 Å². The van der Waals surface area contributed by atoms with Gasteiger partial charge in [-0.25, -0.2) is 9.97 Å². The molecule has 1 heterocycles. The molecule has 4 nitrogen and oxygen atoms in total. The first-order valence-corrected chi connectivity index (χ1v) is 13.3. The summed E-state index contributed by atoms with van der Waals surface area (Å²) in [4.78, 5) is 21.1. The highest BCUT2D eigenvalue weighted by molar-refractivity contribution is 5.72. The molecule has 0 radical (unpaired) electrons. The van der Waals surface area contributed by atoms with E-state index < -0.39 is 0 Å².